The third-order valence-electron chi connectivity index (χ3n) is 1.63. The van der Waals surface area contributed by atoms with Gasteiger partial charge >= 0.3 is 0 Å². The number of rotatable bonds is 1. The molecule has 0 amide bonds. The molecule has 0 aliphatic heterocycles. The van der Waals surface area contributed by atoms with Crippen molar-refractivity contribution in [2.24, 2.45) is 0 Å². The Morgan fingerprint density at radius 3 is 3.00 bits per heavy atom. The molecule has 58 valence electrons. The van der Waals surface area contributed by atoms with Crippen LogP contribution in [0.4, 0.5) is 0 Å². The fourth-order valence-corrected chi connectivity index (χ4v) is 1.08. The molecule has 0 fully saturated rings. The van der Waals surface area contributed by atoms with E-state index < -0.39 is 0 Å². The van der Waals surface area contributed by atoms with E-state index in [1.165, 1.54) is 0 Å². The maximum Gasteiger partial charge on any atom is 0.195 e. The molecule has 4 radical (unpaired) electrons. The average molecular weight is 157 g/mol. The van der Waals surface area contributed by atoms with Gasteiger partial charge < -0.3 is 4.42 Å². The first-order chi connectivity index (χ1) is 5.79. The highest BCUT2D eigenvalue weighted by molar-refractivity contribution is 5.73. The Kier molecular flexibility index (Phi) is 1.61. The maximum atomic E-state index is 5.56. The zero-order chi connectivity index (χ0) is 8.55. The molecule has 0 atom stereocenters. The average Bonchev–Trinajstić information content (AvgIpc) is 2.46. The summed E-state index contributed by atoms with van der Waals surface area (Å²) in [6.07, 6.45) is 0.314. The molecule has 0 saturated carbocycles. The van der Waals surface area contributed by atoms with Crippen LogP contribution in [0.5, 0.6) is 0 Å². The Balaban J connectivity index is 2.67. The molecule has 2 nitrogen and oxygen atoms in total. The van der Waals surface area contributed by atoms with Crippen molar-refractivity contribution >= 4 is 11.1 Å². The second-order valence-corrected chi connectivity index (χ2v) is 2.54. The van der Waals surface area contributed by atoms with Gasteiger partial charge in [-0.3, -0.25) is 0 Å². The molecule has 0 aliphatic carbocycles. The number of fused-ring (bicyclic) bond motifs is 1. The predicted molar refractivity (Wildman–Crippen MR) is 45.4 cm³/mol. The van der Waals surface area contributed by atoms with Crippen LogP contribution in [-0.2, 0) is 6.42 Å². The summed E-state index contributed by atoms with van der Waals surface area (Å²) in [6.45, 7) is 10.9. The van der Waals surface area contributed by atoms with Gasteiger partial charge in [-0.05, 0) is 31.5 Å². The number of benzene rings is 1. The zero-order valence-corrected chi connectivity index (χ0v) is 6.45. The van der Waals surface area contributed by atoms with Crippen molar-refractivity contribution in [3.8, 4) is 0 Å². The van der Waals surface area contributed by atoms with E-state index in [0.717, 1.165) is 11.1 Å². The van der Waals surface area contributed by atoms with Gasteiger partial charge in [0.2, 0.25) is 0 Å². The van der Waals surface area contributed by atoms with Crippen molar-refractivity contribution in [1.82, 2.24) is 4.98 Å². The van der Waals surface area contributed by atoms with Crippen LogP contribution in [-0.4, -0.2) is 4.98 Å². The number of aromatic nitrogens is 1. The monoisotopic (exact) mass is 157 g/mol. The highest BCUT2D eigenvalue weighted by Crippen LogP contribution is 2.16. The summed E-state index contributed by atoms with van der Waals surface area (Å²) in [5.41, 5.74) is 2.17. The molecule has 1 heterocycles. The predicted octanol–water partition coefficient (Wildman–Crippen LogP) is 2.14. The van der Waals surface area contributed by atoms with Crippen molar-refractivity contribution in [2.75, 3.05) is 0 Å². The van der Waals surface area contributed by atoms with Crippen LogP contribution < -0.4 is 0 Å². The van der Waals surface area contributed by atoms with Crippen molar-refractivity contribution in [2.45, 2.75) is 6.42 Å². The largest absolute Gasteiger partial charge is 0.441 e. The molecule has 2 heteroatoms. The van der Waals surface area contributed by atoms with Gasteiger partial charge in [-0.1, -0.05) is 6.07 Å². The van der Waals surface area contributed by atoms with Gasteiger partial charge in [0, 0.05) is 6.42 Å². The normalized spacial score (nSPS) is 10.8. The molecule has 0 N–H and O–H groups in total. The zero-order valence-electron chi connectivity index (χ0n) is 6.45. The van der Waals surface area contributed by atoms with Crippen LogP contribution in [0.3, 0.4) is 0 Å². The summed E-state index contributed by atoms with van der Waals surface area (Å²) in [5, 5.41) is 0. The lowest BCUT2D eigenvalue weighted by Crippen LogP contribution is -1.76. The summed E-state index contributed by atoms with van der Waals surface area (Å²) in [4.78, 5) is 4.12. The molecule has 0 saturated heterocycles. The molecule has 0 unspecified atom stereocenters. The van der Waals surface area contributed by atoms with E-state index in [1.54, 1.807) is 18.2 Å². The maximum absolute atomic E-state index is 5.56. The molecule has 2 aromatic rings. The number of nitrogens with zero attached hydrogens (tertiary/aromatic N) is 1. The van der Waals surface area contributed by atoms with Crippen LogP contribution in [0.15, 0.2) is 22.6 Å². The van der Waals surface area contributed by atoms with Crippen LogP contribution in [0.1, 0.15) is 11.5 Å². The Hall–Kier alpha value is -1.31. The SMILES string of the molecule is [CH]Cc1nc2cc([CH])ccc2o1. The topological polar surface area (TPSA) is 26.0 Å². The molecule has 0 bridgehead atoms. The molecular weight excluding hydrogens is 150 g/mol. The number of hydrogen-bond acceptors (Lipinski definition) is 2. The van der Waals surface area contributed by atoms with Crippen LogP contribution in [0, 0.1) is 13.8 Å². The summed E-state index contributed by atoms with van der Waals surface area (Å²) >= 11 is 0. The van der Waals surface area contributed by atoms with Crippen molar-refractivity contribution in [1.29, 1.82) is 0 Å². The van der Waals surface area contributed by atoms with E-state index in [9.17, 15) is 0 Å². The quantitative estimate of drug-likeness (QED) is 0.633. The second-order valence-electron chi connectivity index (χ2n) is 2.54. The van der Waals surface area contributed by atoms with Gasteiger partial charge in [0.05, 0.1) is 0 Å². The lowest BCUT2D eigenvalue weighted by atomic mass is 10.2. The third-order valence-corrected chi connectivity index (χ3v) is 1.63. The molecule has 2 rings (SSSR count). The third kappa shape index (κ3) is 1.09. The van der Waals surface area contributed by atoms with E-state index in [2.05, 4.69) is 4.98 Å². The fourth-order valence-electron chi connectivity index (χ4n) is 1.08. The Labute approximate surface area is 71.2 Å². The van der Waals surface area contributed by atoms with Crippen LogP contribution in [0.2, 0.25) is 0 Å². The molecule has 0 spiro atoms. The minimum absolute atomic E-state index is 0.314. The molecule has 0 aliphatic rings. The Morgan fingerprint density at radius 2 is 2.25 bits per heavy atom. The Bertz CT molecular complexity index is 403. The molecule has 12 heavy (non-hydrogen) atoms. The van der Waals surface area contributed by atoms with E-state index >= 15 is 0 Å². The van der Waals surface area contributed by atoms with Crippen molar-refractivity contribution in [3.63, 3.8) is 0 Å². The highest BCUT2D eigenvalue weighted by Gasteiger charge is 2.02. The van der Waals surface area contributed by atoms with Crippen LogP contribution in [0.25, 0.3) is 11.1 Å². The second kappa shape index (κ2) is 2.63. The molecular formula is C10H7NO. The van der Waals surface area contributed by atoms with E-state index in [4.69, 9.17) is 18.3 Å². The van der Waals surface area contributed by atoms with Gasteiger partial charge in [-0.25, -0.2) is 4.98 Å². The highest BCUT2D eigenvalue weighted by atomic mass is 16.3. The summed E-state index contributed by atoms with van der Waals surface area (Å²) in [5.74, 6) is 0.538. The van der Waals surface area contributed by atoms with Gasteiger partial charge in [0.15, 0.2) is 11.5 Å². The van der Waals surface area contributed by atoms with E-state index in [0.29, 0.717) is 17.9 Å². The smallest absolute Gasteiger partial charge is 0.195 e. The first-order valence-corrected chi connectivity index (χ1v) is 3.64. The van der Waals surface area contributed by atoms with Gasteiger partial charge in [0.25, 0.3) is 0 Å². The first-order valence-electron chi connectivity index (χ1n) is 3.64. The van der Waals surface area contributed by atoms with Crippen molar-refractivity contribution < 1.29 is 4.42 Å². The van der Waals surface area contributed by atoms with Crippen LogP contribution >= 0.6 is 0 Å². The molecule has 1 aromatic carbocycles. The lowest BCUT2D eigenvalue weighted by Gasteiger charge is -1.87. The van der Waals surface area contributed by atoms with Gasteiger partial charge in [-0.2, -0.15) is 0 Å². The first kappa shape index (κ1) is 7.35. The lowest BCUT2D eigenvalue weighted by molar-refractivity contribution is 0.546. The van der Waals surface area contributed by atoms with Gasteiger partial charge in [-0.15, -0.1) is 0 Å². The standard InChI is InChI=1S/C10H7NO/c1-3-10-11-8-6-7(2)4-5-9(8)12-10/h1-2,4-6H,3H2. The minimum Gasteiger partial charge on any atom is -0.441 e. The molecule has 1 aromatic heterocycles. The van der Waals surface area contributed by atoms with Crippen molar-refractivity contribution in [3.05, 3.63) is 43.5 Å². The number of oxazole rings is 1. The number of hydrogen-bond donors (Lipinski definition) is 0. The summed E-state index contributed by atoms with van der Waals surface area (Å²) in [7, 11) is 0. The van der Waals surface area contributed by atoms with E-state index in [1.807, 2.05) is 0 Å². The minimum atomic E-state index is 0.314. The fraction of sp³-hybridized carbons (Fsp3) is 0.100. The summed E-state index contributed by atoms with van der Waals surface area (Å²) < 4.78 is 5.28. The summed E-state index contributed by atoms with van der Waals surface area (Å²) in [6, 6.07) is 5.32. The van der Waals surface area contributed by atoms with E-state index in [-0.39, 0.29) is 0 Å². The Morgan fingerprint density at radius 1 is 1.42 bits per heavy atom. The van der Waals surface area contributed by atoms with Gasteiger partial charge in [0.1, 0.15) is 5.52 Å².